The summed E-state index contributed by atoms with van der Waals surface area (Å²) in [5.74, 6) is 0.872. The van der Waals surface area contributed by atoms with E-state index in [1.54, 1.807) is 0 Å². The van der Waals surface area contributed by atoms with Crippen LogP contribution in [0.3, 0.4) is 0 Å². The molecule has 0 bridgehead atoms. The van der Waals surface area contributed by atoms with Crippen LogP contribution in [0.4, 0.5) is 0 Å². The van der Waals surface area contributed by atoms with E-state index in [0.717, 1.165) is 44.0 Å². The third-order valence-corrected chi connectivity index (χ3v) is 5.35. The van der Waals surface area contributed by atoms with Gasteiger partial charge in [-0.05, 0) is 42.2 Å². The van der Waals surface area contributed by atoms with Crippen LogP contribution in [0.5, 0.6) is 5.75 Å². The van der Waals surface area contributed by atoms with E-state index in [1.165, 1.54) is 11.1 Å². The number of aryl methyl sites for hydroxylation is 1. The van der Waals surface area contributed by atoms with E-state index in [9.17, 15) is 4.79 Å². The molecule has 0 spiro atoms. The lowest BCUT2D eigenvalue weighted by atomic mass is 10.0. The molecule has 0 radical (unpaired) electrons. The predicted molar refractivity (Wildman–Crippen MR) is 115 cm³/mol. The number of rotatable bonds is 9. The van der Waals surface area contributed by atoms with Gasteiger partial charge in [0.05, 0.1) is 32.3 Å². The van der Waals surface area contributed by atoms with Gasteiger partial charge >= 0.3 is 0 Å². The molecule has 1 amide bonds. The fraction of sp³-hybridized carbons (Fsp3) is 0.458. The summed E-state index contributed by atoms with van der Waals surface area (Å²) in [6, 6.07) is 16.6. The van der Waals surface area contributed by atoms with Gasteiger partial charge in [-0.15, -0.1) is 0 Å². The number of amides is 1. The molecule has 0 aromatic heterocycles. The minimum absolute atomic E-state index is 0.0394. The quantitative estimate of drug-likeness (QED) is 0.706. The van der Waals surface area contributed by atoms with Crippen LogP contribution in [-0.4, -0.2) is 50.3 Å². The Hall–Kier alpha value is -2.37. The fourth-order valence-electron chi connectivity index (χ4n) is 3.65. The highest BCUT2D eigenvalue weighted by Gasteiger charge is 2.23. The molecular weight excluding hydrogens is 364 g/mol. The van der Waals surface area contributed by atoms with Crippen LogP contribution >= 0.6 is 0 Å². The number of hydrogen-bond donors (Lipinski definition) is 1. The summed E-state index contributed by atoms with van der Waals surface area (Å²) in [5, 5.41) is 3.14. The van der Waals surface area contributed by atoms with Crippen LogP contribution in [0.1, 0.15) is 36.6 Å². The Kier molecular flexibility index (Phi) is 8.08. The average Bonchev–Trinajstić information content (AvgIpc) is 2.77. The molecule has 1 atom stereocenters. The zero-order valence-corrected chi connectivity index (χ0v) is 17.5. The van der Waals surface area contributed by atoms with Crippen molar-refractivity contribution in [1.29, 1.82) is 0 Å². The van der Waals surface area contributed by atoms with Crippen LogP contribution in [0.15, 0.2) is 48.5 Å². The van der Waals surface area contributed by atoms with Crippen LogP contribution in [0.25, 0.3) is 0 Å². The van der Waals surface area contributed by atoms with Gasteiger partial charge in [-0.3, -0.25) is 9.69 Å². The lowest BCUT2D eigenvalue weighted by Crippen LogP contribution is -2.44. The maximum atomic E-state index is 12.6. The molecular formula is C24H32N2O3. The van der Waals surface area contributed by atoms with Crippen molar-refractivity contribution in [3.63, 3.8) is 0 Å². The molecule has 1 aliphatic heterocycles. The van der Waals surface area contributed by atoms with Gasteiger partial charge in [0.15, 0.2) is 0 Å². The zero-order valence-electron chi connectivity index (χ0n) is 17.5. The Bertz CT molecular complexity index is 753. The van der Waals surface area contributed by atoms with Gasteiger partial charge in [-0.1, -0.05) is 43.3 Å². The first-order valence-corrected chi connectivity index (χ1v) is 10.6. The topological polar surface area (TPSA) is 50.8 Å². The lowest BCUT2D eigenvalue weighted by molar-refractivity contribution is -0.120. The number of nitrogens with zero attached hydrogens (tertiary/aromatic N) is 1. The van der Waals surface area contributed by atoms with E-state index in [4.69, 9.17) is 9.47 Å². The van der Waals surface area contributed by atoms with Crippen LogP contribution in [0.2, 0.25) is 0 Å². The number of morpholine rings is 1. The maximum absolute atomic E-state index is 12.6. The molecule has 1 unspecified atom stereocenters. The molecule has 156 valence electrons. The van der Waals surface area contributed by atoms with Gasteiger partial charge in [0.25, 0.3) is 0 Å². The van der Waals surface area contributed by atoms with Crippen molar-refractivity contribution in [2.45, 2.75) is 32.7 Å². The van der Waals surface area contributed by atoms with Crippen molar-refractivity contribution in [3.05, 3.63) is 65.2 Å². The molecule has 0 saturated carbocycles. The van der Waals surface area contributed by atoms with Crippen LogP contribution < -0.4 is 10.1 Å². The summed E-state index contributed by atoms with van der Waals surface area (Å²) in [6.45, 7) is 8.61. The van der Waals surface area contributed by atoms with E-state index in [0.29, 0.717) is 19.6 Å². The van der Waals surface area contributed by atoms with Crippen molar-refractivity contribution in [2.24, 2.45) is 0 Å². The van der Waals surface area contributed by atoms with Crippen molar-refractivity contribution in [1.82, 2.24) is 10.2 Å². The van der Waals surface area contributed by atoms with E-state index in [1.807, 2.05) is 31.2 Å². The molecule has 3 rings (SSSR count). The number of nitrogens with one attached hydrogen (secondary N) is 1. The second kappa shape index (κ2) is 11.0. The van der Waals surface area contributed by atoms with Crippen molar-refractivity contribution in [2.75, 3.05) is 39.5 Å². The molecule has 5 heteroatoms. The molecule has 1 N–H and O–H groups in total. The van der Waals surface area contributed by atoms with Crippen LogP contribution in [0, 0.1) is 0 Å². The van der Waals surface area contributed by atoms with Gasteiger partial charge in [-0.25, -0.2) is 0 Å². The zero-order chi connectivity index (χ0) is 20.5. The maximum Gasteiger partial charge on any atom is 0.224 e. The Morgan fingerprint density at radius 1 is 1.03 bits per heavy atom. The van der Waals surface area contributed by atoms with Gasteiger partial charge in [-0.2, -0.15) is 0 Å². The Labute approximate surface area is 174 Å². The molecule has 0 aliphatic carbocycles. The summed E-state index contributed by atoms with van der Waals surface area (Å²) < 4.78 is 11.0. The van der Waals surface area contributed by atoms with E-state index in [-0.39, 0.29) is 11.9 Å². The number of ether oxygens (including phenoxy) is 2. The molecule has 2 aromatic rings. The highest BCUT2D eigenvalue weighted by Crippen LogP contribution is 2.22. The average molecular weight is 397 g/mol. The van der Waals surface area contributed by atoms with Gasteiger partial charge < -0.3 is 14.8 Å². The standard InChI is InChI=1S/C24H32N2O3/c1-3-19-5-9-21(10-6-19)23(26-13-15-28-16-14-26)18-25-24(27)17-20-7-11-22(12-8-20)29-4-2/h5-12,23H,3-4,13-18H2,1-2H3,(H,25,27). The van der Waals surface area contributed by atoms with Gasteiger partial charge in [0, 0.05) is 19.6 Å². The second-order valence-corrected chi connectivity index (χ2v) is 7.32. The molecule has 5 nitrogen and oxygen atoms in total. The third-order valence-electron chi connectivity index (χ3n) is 5.35. The smallest absolute Gasteiger partial charge is 0.224 e. The molecule has 2 aromatic carbocycles. The van der Waals surface area contributed by atoms with E-state index < -0.39 is 0 Å². The highest BCUT2D eigenvalue weighted by molar-refractivity contribution is 5.78. The minimum Gasteiger partial charge on any atom is -0.494 e. The van der Waals surface area contributed by atoms with Gasteiger partial charge in [0.2, 0.25) is 5.91 Å². The summed E-state index contributed by atoms with van der Waals surface area (Å²) in [7, 11) is 0. The summed E-state index contributed by atoms with van der Waals surface area (Å²) >= 11 is 0. The van der Waals surface area contributed by atoms with Crippen molar-refractivity contribution < 1.29 is 14.3 Å². The summed E-state index contributed by atoms with van der Waals surface area (Å²) in [6.07, 6.45) is 1.40. The van der Waals surface area contributed by atoms with E-state index in [2.05, 4.69) is 41.4 Å². The Morgan fingerprint density at radius 2 is 1.69 bits per heavy atom. The third kappa shape index (κ3) is 6.31. The first-order chi connectivity index (χ1) is 14.2. The van der Waals surface area contributed by atoms with Crippen molar-refractivity contribution >= 4 is 5.91 Å². The Morgan fingerprint density at radius 3 is 2.31 bits per heavy atom. The predicted octanol–water partition coefficient (Wildman–Crippen LogP) is 3.38. The van der Waals surface area contributed by atoms with E-state index >= 15 is 0 Å². The number of benzene rings is 2. The molecule has 1 fully saturated rings. The SMILES string of the molecule is CCOc1ccc(CC(=O)NCC(c2ccc(CC)cc2)N2CCOCC2)cc1. The minimum atomic E-state index is 0.0394. The molecule has 1 heterocycles. The number of carbonyl (C=O) groups excluding carboxylic acids is 1. The second-order valence-electron chi connectivity index (χ2n) is 7.32. The molecule has 1 aliphatic rings. The number of carbonyl (C=O) groups is 1. The van der Waals surface area contributed by atoms with Crippen molar-refractivity contribution in [3.8, 4) is 5.75 Å². The fourth-order valence-corrected chi connectivity index (χ4v) is 3.65. The summed E-state index contributed by atoms with van der Waals surface area (Å²) in [4.78, 5) is 15.0. The first kappa shape index (κ1) is 21.3. The van der Waals surface area contributed by atoms with Gasteiger partial charge in [0.1, 0.15) is 5.75 Å². The Balaban J connectivity index is 1.61. The normalized spacial score (nSPS) is 15.7. The monoisotopic (exact) mass is 396 g/mol. The number of hydrogen-bond acceptors (Lipinski definition) is 4. The molecule has 1 saturated heterocycles. The lowest BCUT2D eigenvalue weighted by Gasteiger charge is -2.35. The van der Waals surface area contributed by atoms with Crippen LogP contribution in [-0.2, 0) is 22.4 Å². The highest BCUT2D eigenvalue weighted by atomic mass is 16.5. The molecule has 29 heavy (non-hydrogen) atoms. The summed E-state index contributed by atoms with van der Waals surface area (Å²) in [5.41, 5.74) is 3.56. The largest absolute Gasteiger partial charge is 0.494 e. The first-order valence-electron chi connectivity index (χ1n) is 10.6.